The molecule has 0 radical (unpaired) electrons. The lowest BCUT2D eigenvalue weighted by atomic mass is 10.6. The molecule has 0 aliphatic carbocycles. The molecule has 12 heavy (non-hydrogen) atoms. The molecular formula is C7H11N3O2. The van der Waals surface area contributed by atoms with E-state index in [1.165, 1.54) is 16.4 Å². The standard InChI is InChI=1S/C7H11N3O2/c1-4-5-10-7(12)8(2)6(11)9(10)3/h4H,1,5H2,2-3H3. The molecule has 1 aromatic heterocycles. The maximum atomic E-state index is 11.3. The quantitative estimate of drug-likeness (QED) is 0.537. The minimum atomic E-state index is -0.318. The molecule has 1 rings (SSSR count). The largest absolute Gasteiger partial charge is 0.347 e. The molecule has 0 saturated carbocycles. The predicted octanol–water partition coefficient (Wildman–Crippen LogP) is -0.928. The third-order valence-electron chi connectivity index (χ3n) is 1.74. The molecule has 1 heterocycles. The van der Waals surface area contributed by atoms with E-state index in [1.807, 2.05) is 0 Å². The summed E-state index contributed by atoms with van der Waals surface area (Å²) in [4.78, 5) is 22.4. The lowest BCUT2D eigenvalue weighted by Gasteiger charge is -1.98. The number of aromatic nitrogens is 3. The number of hydrogen-bond acceptors (Lipinski definition) is 2. The molecule has 0 aromatic carbocycles. The van der Waals surface area contributed by atoms with E-state index in [4.69, 9.17) is 0 Å². The van der Waals surface area contributed by atoms with Crippen LogP contribution in [0.15, 0.2) is 22.2 Å². The van der Waals surface area contributed by atoms with Crippen LogP contribution < -0.4 is 11.4 Å². The van der Waals surface area contributed by atoms with Gasteiger partial charge in [0.05, 0.1) is 6.54 Å². The van der Waals surface area contributed by atoms with Crippen molar-refractivity contribution in [3.63, 3.8) is 0 Å². The van der Waals surface area contributed by atoms with Crippen molar-refractivity contribution in [2.75, 3.05) is 0 Å². The fraction of sp³-hybridized carbons (Fsp3) is 0.429. The normalized spacial score (nSPS) is 10.2. The summed E-state index contributed by atoms with van der Waals surface area (Å²) in [5.74, 6) is 0. The Bertz CT molecular complexity index is 407. The Morgan fingerprint density at radius 3 is 2.25 bits per heavy atom. The summed E-state index contributed by atoms with van der Waals surface area (Å²) in [6, 6.07) is 0. The Labute approximate surface area is 69.1 Å². The Morgan fingerprint density at radius 2 is 1.92 bits per heavy atom. The van der Waals surface area contributed by atoms with Gasteiger partial charge in [-0.25, -0.2) is 23.5 Å². The highest BCUT2D eigenvalue weighted by atomic mass is 16.2. The summed E-state index contributed by atoms with van der Waals surface area (Å²) in [7, 11) is 3.00. The zero-order valence-corrected chi connectivity index (χ0v) is 7.15. The average Bonchev–Trinajstić information content (AvgIpc) is 2.23. The van der Waals surface area contributed by atoms with Crippen molar-refractivity contribution < 1.29 is 0 Å². The highest BCUT2D eigenvalue weighted by molar-refractivity contribution is 4.75. The van der Waals surface area contributed by atoms with E-state index in [1.54, 1.807) is 13.1 Å². The van der Waals surface area contributed by atoms with Crippen molar-refractivity contribution in [3.05, 3.63) is 33.6 Å². The van der Waals surface area contributed by atoms with Crippen LogP contribution in [0.25, 0.3) is 0 Å². The lowest BCUT2D eigenvalue weighted by Crippen LogP contribution is -2.25. The number of rotatable bonds is 2. The first kappa shape index (κ1) is 8.58. The van der Waals surface area contributed by atoms with Gasteiger partial charge in [-0.3, -0.25) is 0 Å². The van der Waals surface area contributed by atoms with Gasteiger partial charge in [0.25, 0.3) is 0 Å². The van der Waals surface area contributed by atoms with Crippen LogP contribution in [-0.2, 0) is 20.6 Å². The van der Waals surface area contributed by atoms with E-state index in [2.05, 4.69) is 6.58 Å². The van der Waals surface area contributed by atoms with Crippen LogP contribution >= 0.6 is 0 Å². The molecule has 0 N–H and O–H groups in total. The van der Waals surface area contributed by atoms with Crippen LogP contribution in [0, 0.1) is 0 Å². The highest BCUT2D eigenvalue weighted by Crippen LogP contribution is 1.76. The van der Waals surface area contributed by atoms with Crippen LogP contribution in [0.5, 0.6) is 0 Å². The summed E-state index contributed by atoms with van der Waals surface area (Å²) in [6.45, 7) is 3.85. The summed E-state index contributed by atoms with van der Waals surface area (Å²) < 4.78 is 3.64. The first-order valence-corrected chi connectivity index (χ1v) is 3.53. The van der Waals surface area contributed by atoms with E-state index >= 15 is 0 Å². The van der Waals surface area contributed by atoms with Gasteiger partial charge in [0.1, 0.15) is 0 Å². The van der Waals surface area contributed by atoms with Crippen LogP contribution in [0.2, 0.25) is 0 Å². The van der Waals surface area contributed by atoms with Crippen molar-refractivity contribution in [2.24, 2.45) is 14.1 Å². The maximum Gasteiger partial charge on any atom is 0.347 e. The van der Waals surface area contributed by atoms with Gasteiger partial charge in [-0.1, -0.05) is 6.08 Å². The molecule has 0 aliphatic heterocycles. The molecule has 0 bridgehead atoms. The second-order valence-corrected chi connectivity index (χ2v) is 2.52. The van der Waals surface area contributed by atoms with Crippen molar-refractivity contribution in [1.29, 1.82) is 0 Å². The second-order valence-electron chi connectivity index (χ2n) is 2.52. The van der Waals surface area contributed by atoms with Crippen molar-refractivity contribution in [1.82, 2.24) is 13.9 Å². The summed E-state index contributed by atoms with van der Waals surface area (Å²) in [6.07, 6.45) is 1.57. The van der Waals surface area contributed by atoms with Gasteiger partial charge in [-0.2, -0.15) is 0 Å². The molecule has 0 spiro atoms. The predicted molar refractivity (Wildman–Crippen MR) is 45.1 cm³/mol. The molecule has 0 aliphatic rings. The van der Waals surface area contributed by atoms with E-state index < -0.39 is 0 Å². The highest BCUT2D eigenvalue weighted by Gasteiger charge is 2.06. The van der Waals surface area contributed by atoms with Crippen molar-refractivity contribution >= 4 is 0 Å². The average molecular weight is 169 g/mol. The lowest BCUT2D eigenvalue weighted by molar-refractivity contribution is 0.531. The van der Waals surface area contributed by atoms with E-state index in [-0.39, 0.29) is 11.4 Å². The third kappa shape index (κ3) is 1.03. The monoisotopic (exact) mass is 169 g/mol. The molecule has 0 saturated heterocycles. The second kappa shape index (κ2) is 2.84. The summed E-state index contributed by atoms with van der Waals surface area (Å²) >= 11 is 0. The van der Waals surface area contributed by atoms with Crippen molar-refractivity contribution in [2.45, 2.75) is 6.54 Å². The van der Waals surface area contributed by atoms with Gasteiger partial charge < -0.3 is 0 Å². The van der Waals surface area contributed by atoms with Gasteiger partial charge >= 0.3 is 11.4 Å². The van der Waals surface area contributed by atoms with Gasteiger partial charge in [0.2, 0.25) is 0 Å². The number of hydrogen-bond donors (Lipinski definition) is 0. The maximum absolute atomic E-state index is 11.3. The van der Waals surface area contributed by atoms with Crippen LogP contribution in [-0.4, -0.2) is 13.9 Å². The van der Waals surface area contributed by atoms with Crippen molar-refractivity contribution in [3.8, 4) is 0 Å². The minimum Gasteiger partial charge on any atom is -0.246 e. The molecule has 66 valence electrons. The van der Waals surface area contributed by atoms with Crippen LogP contribution in [0.3, 0.4) is 0 Å². The summed E-state index contributed by atoms with van der Waals surface area (Å²) in [5, 5.41) is 0. The van der Waals surface area contributed by atoms with Crippen LogP contribution in [0.4, 0.5) is 0 Å². The smallest absolute Gasteiger partial charge is 0.246 e. The van der Waals surface area contributed by atoms with E-state index in [9.17, 15) is 9.59 Å². The molecular weight excluding hydrogens is 158 g/mol. The zero-order chi connectivity index (χ0) is 9.30. The van der Waals surface area contributed by atoms with Gasteiger partial charge in [0, 0.05) is 14.1 Å². The Hall–Kier alpha value is -1.52. The minimum absolute atomic E-state index is 0.317. The fourth-order valence-electron chi connectivity index (χ4n) is 1.03. The van der Waals surface area contributed by atoms with E-state index in [0.29, 0.717) is 6.54 Å². The van der Waals surface area contributed by atoms with Gasteiger partial charge in [-0.05, 0) is 0 Å². The third-order valence-corrected chi connectivity index (χ3v) is 1.74. The topological polar surface area (TPSA) is 48.9 Å². The van der Waals surface area contributed by atoms with E-state index in [0.717, 1.165) is 4.57 Å². The Balaban J connectivity index is 3.48. The molecule has 0 unspecified atom stereocenters. The summed E-state index contributed by atoms with van der Waals surface area (Å²) in [5.41, 5.74) is -0.635. The molecule has 5 heteroatoms. The zero-order valence-electron chi connectivity index (χ0n) is 7.15. The molecule has 0 atom stereocenters. The SMILES string of the molecule is C=CCn1c(=O)n(C)c(=O)n1C. The molecule has 0 fully saturated rings. The van der Waals surface area contributed by atoms with Crippen LogP contribution in [0.1, 0.15) is 0 Å². The number of nitrogens with zero attached hydrogens (tertiary/aromatic N) is 3. The molecule has 0 amide bonds. The Morgan fingerprint density at radius 1 is 1.33 bits per heavy atom. The molecule has 5 nitrogen and oxygen atoms in total. The first-order chi connectivity index (χ1) is 5.59. The first-order valence-electron chi connectivity index (χ1n) is 3.53. The number of allylic oxidation sites excluding steroid dienone is 1. The fourth-order valence-corrected chi connectivity index (χ4v) is 1.03. The van der Waals surface area contributed by atoms with Gasteiger partial charge in [0.15, 0.2) is 0 Å². The Kier molecular flexibility index (Phi) is 2.03. The van der Waals surface area contributed by atoms with Gasteiger partial charge in [-0.15, -0.1) is 6.58 Å². The molecule has 1 aromatic rings.